The van der Waals surface area contributed by atoms with Crippen LogP contribution in [0.25, 0.3) is 0 Å². The molecular weight excluding hydrogens is 180 g/mol. The van der Waals surface area contributed by atoms with Crippen molar-refractivity contribution >= 4 is 5.91 Å². The number of hydrogen-bond donors (Lipinski definition) is 1. The summed E-state index contributed by atoms with van der Waals surface area (Å²) in [5.41, 5.74) is 0. The van der Waals surface area contributed by atoms with Gasteiger partial charge >= 0.3 is 0 Å². The van der Waals surface area contributed by atoms with Gasteiger partial charge in [-0.3, -0.25) is 9.48 Å². The quantitative estimate of drug-likeness (QED) is 0.735. The van der Waals surface area contributed by atoms with Crippen molar-refractivity contribution in [2.24, 2.45) is 5.92 Å². The molecule has 1 aromatic heterocycles. The Morgan fingerprint density at radius 1 is 1.71 bits per heavy atom. The summed E-state index contributed by atoms with van der Waals surface area (Å²) in [6.45, 7) is 3.63. The molecule has 0 aromatic carbocycles. The van der Waals surface area contributed by atoms with Crippen LogP contribution in [0, 0.1) is 5.92 Å². The first-order valence-corrected chi connectivity index (χ1v) is 4.95. The van der Waals surface area contributed by atoms with Crippen LogP contribution in [-0.2, 0) is 17.8 Å². The minimum Gasteiger partial charge on any atom is -0.356 e. The summed E-state index contributed by atoms with van der Waals surface area (Å²) in [7, 11) is 0. The number of nitrogens with one attached hydrogen (secondary N) is 1. The zero-order valence-corrected chi connectivity index (χ0v) is 8.23. The van der Waals surface area contributed by atoms with Gasteiger partial charge in [0.2, 0.25) is 5.91 Å². The van der Waals surface area contributed by atoms with E-state index in [4.69, 9.17) is 0 Å². The third-order valence-corrected chi connectivity index (χ3v) is 2.59. The Kier molecular flexibility index (Phi) is 2.47. The highest BCUT2D eigenvalue weighted by molar-refractivity contribution is 5.80. The van der Waals surface area contributed by atoms with Gasteiger partial charge in [0.25, 0.3) is 0 Å². The molecular formula is C9H14N4O. The molecule has 0 bridgehead atoms. The lowest BCUT2D eigenvalue weighted by atomic mass is 10.0. The Labute approximate surface area is 82.5 Å². The second-order valence-electron chi connectivity index (χ2n) is 3.47. The molecule has 1 fully saturated rings. The summed E-state index contributed by atoms with van der Waals surface area (Å²) in [6, 6.07) is 0. The smallest absolute Gasteiger partial charge is 0.223 e. The SMILES string of the molecule is CCn1ncnc1CC1CCNC1=O. The number of aromatic nitrogens is 3. The summed E-state index contributed by atoms with van der Waals surface area (Å²) < 4.78 is 1.84. The second kappa shape index (κ2) is 3.77. The van der Waals surface area contributed by atoms with E-state index in [0.717, 1.165) is 25.3 Å². The van der Waals surface area contributed by atoms with Gasteiger partial charge in [-0.05, 0) is 13.3 Å². The van der Waals surface area contributed by atoms with E-state index in [0.29, 0.717) is 6.42 Å². The minimum absolute atomic E-state index is 0.0875. The van der Waals surface area contributed by atoms with Crippen LogP contribution in [-0.4, -0.2) is 27.2 Å². The molecule has 1 unspecified atom stereocenters. The van der Waals surface area contributed by atoms with Crippen LogP contribution in [0.5, 0.6) is 0 Å². The largest absolute Gasteiger partial charge is 0.356 e. The third-order valence-electron chi connectivity index (χ3n) is 2.59. The maximum atomic E-state index is 11.3. The lowest BCUT2D eigenvalue weighted by Gasteiger charge is -2.06. The molecule has 5 nitrogen and oxygen atoms in total. The highest BCUT2D eigenvalue weighted by Gasteiger charge is 2.25. The highest BCUT2D eigenvalue weighted by atomic mass is 16.2. The number of amides is 1. The molecule has 2 heterocycles. The number of hydrogen-bond acceptors (Lipinski definition) is 3. The average molecular weight is 194 g/mol. The molecule has 1 amide bonds. The Morgan fingerprint density at radius 2 is 2.57 bits per heavy atom. The van der Waals surface area contributed by atoms with Crippen molar-refractivity contribution in [2.75, 3.05) is 6.54 Å². The van der Waals surface area contributed by atoms with Crippen molar-refractivity contribution in [2.45, 2.75) is 26.3 Å². The first kappa shape index (κ1) is 9.18. The monoisotopic (exact) mass is 194 g/mol. The minimum atomic E-state index is 0.0875. The molecule has 14 heavy (non-hydrogen) atoms. The molecule has 0 saturated carbocycles. The lowest BCUT2D eigenvalue weighted by Crippen LogP contribution is -2.21. The number of carbonyl (C=O) groups excluding carboxylic acids is 1. The number of rotatable bonds is 3. The van der Waals surface area contributed by atoms with E-state index in [-0.39, 0.29) is 11.8 Å². The Morgan fingerprint density at radius 3 is 3.21 bits per heavy atom. The summed E-state index contributed by atoms with van der Waals surface area (Å²) in [4.78, 5) is 15.5. The zero-order valence-electron chi connectivity index (χ0n) is 8.23. The first-order valence-electron chi connectivity index (χ1n) is 4.95. The Hall–Kier alpha value is -1.39. The van der Waals surface area contributed by atoms with Gasteiger partial charge in [-0.25, -0.2) is 4.98 Å². The van der Waals surface area contributed by atoms with E-state index in [1.165, 1.54) is 0 Å². The molecule has 0 spiro atoms. The van der Waals surface area contributed by atoms with Crippen molar-refractivity contribution in [3.8, 4) is 0 Å². The molecule has 5 heteroatoms. The van der Waals surface area contributed by atoms with Crippen LogP contribution in [0.15, 0.2) is 6.33 Å². The summed E-state index contributed by atoms with van der Waals surface area (Å²) in [6.07, 6.45) is 3.17. The number of nitrogens with zero attached hydrogens (tertiary/aromatic N) is 3. The fourth-order valence-electron chi connectivity index (χ4n) is 1.77. The highest BCUT2D eigenvalue weighted by Crippen LogP contribution is 2.14. The van der Waals surface area contributed by atoms with Crippen molar-refractivity contribution in [1.82, 2.24) is 20.1 Å². The molecule has 1 aromatic rings. The molecule has 2 rings (SSSR count). The summed E-state index contributed by atoms with van der Waals surface area (Å²) in [5.74, 6) is 1.15. The molecule has 1 N–H and O–H groups in total. The average Bonchev–Trinajstić information content (AvgIpc) is 2.77. The van der Waals surface area contributed by atoms with E-state index in [1.54, 1.807) is 6.33 Å². The van der Waals surface area contributed by atoms with E-state index in [1.807, 2.05) is 11.6 Å². The third kappa shape index (κ3) is 1.62. The number of carbonyl (C=O) groups is 1. The molecule has 1 aliphatic rings. The fourth-order valence-corrected chi connectivity index (χ4v) is 1.77. The first-order chi connectivity index (χ1) is 6.81. The standard InChI is InChI=1S/C9H14N4O/c1-2-13-8(11-6-12-13)5-7-3-4-10-9(7)14/h6-7H,2-5H2,1H3,(H,10,14). The molecule has 0 aliphatic carbocycles. The van der Waals surface area contributed by atoms with Crippen LogP contribution < -0.4 is 5.32 Å². The van der Waals surface area contributed by atoms with E-state index >= 15 is 0 Å². The normalized spacial score (nSPS) is 21.2. The summed E-state index contributed by atoms with van der Waals surface area (Å²) >= 11 is 0. The van der Waals surface area contributed by atoms with Crippen LogP contribution >= 0.6 is 0 Å². The van der Waals surface area contributed by atoms with Crippen molar-refractivity contribution in [3.05, 3.63) is 12.2 Å². The predicted molar refractivity (Wildman–Crippen MR) is 50.5 cm³/mol. The van der Waals surface area contributed by atoms with Gasteiger partial charge in [-0.15, -0.1) is 0 Å². The lowest BCUT2D eigenvalue weighted by molar-refractivity contribution is -0.122. The van der Waals surface area contributed by atoms with Gasteiger partial charge in [0.05, 0.1) is 0 Å². The summed E-state index contributed by atoms with van der Waals surface area (Å²) in [5, 5.41) is 6.90. The van der Waals surface area contributed by atoms with Gasteiger partial charge < -0.3 is 5.32 Å². The molecule has 1 aliphatic heterocycles. The van der Waals surface area contributed by atoms with Crippen LogP contribution in [0.1, 0.15) is 19.2 Å². The fraction of sp³-hybridized carbons (Fsp3) is 0.667. The van der Waals surface area contributed by atoms with Gasteiger partial charge in [0, 0.05) is 25.4 Å². The predicted octanol–water partition coefficient (Wildman–Crippen LogP) is -0.0234. The van der Waals surface area contributed by atoms with Crippen LogP contribution in [0.3, 0.4) is 0 Å². The maximum absolute atomic E-state index is 11.3. The molecule has 0 radical (unpaired) electrons. The molecule has 76 valence electrons. The van der Waals surface area contributed by atoms with Crippen molar-refractivity contribution in [1.29, 1.82) is 0 Å². The Bertz CT molecular complexity index is 333. The van der Waals surface area contributed by atoms with E-state index in [9.17, 15) is 4.79 Å². The van der Waals surface area contributed by atoms with Gasteiger partial charge in [0.1, 0.15) is 12.2 Å². The van der Waals surface area contributed by atoms with Crippen molar-refractivity contribution in [3.63, 3.8) is 0 Å². The number of aryl methyl sites for hydroxylation is 1. The second-order valence-corrected chi connectivity index (χ2v) is 3.47. The van der Waals surface area contributed by atoms with Crippen LogP contribution in [0.4, 0.5) is 0 Å². The van der Waals surface area contributed by atoms with Gasteiger partial charge in [0.15, 0.2) is 0 Å². The maximum Gasteiger partial charge on any atom is 0.223 e. The zero-order chi connectivity index (χ0) is 9.97. The van der Waals surface area contributed by atoms with Gasteiger partial charge in [-0.1, -0.05) is 0 Å². The van der Waals surface area contributed by atoms with Gasteiger partial charge in [-0.2, -0.15) is 5.10 Å². The van der Waals surface area contributed by atoms with Crippen molar-refractivity contribution < 1.29 is 4.79 Å². The van der Waals surface area contributed by atoms with Crippen LogP contribution in [0.2, 0.25) is 0 Å². The molecule has 1 atom stereocenters. The Balaban J connectivity index is 2.06. The van der Waals surface area contributed by atoms with E-state index < -0.39 is 0 Å². The van der Waals surface area contributed by atoms with E-state index in [2.05, 4.69) is 15.4 Å². The molecule has 1 saturated heterocycles. The topological polar surface area (TPSA) is 59.8 Å².